The Morgan fingerprint density at radius 2 is 1.95 bits per heavy atom. The third-order valence-corrected chi connectivity index (χ3v) is 3.92. The molecule has 0 aliphatic carbocycles. The maximum Gasteiger partial charge on any atom is 0.172 e. The molecule has 0 fully saturated rings. The first-order valence-corrected chi connectivity index (χ1v) is 7.90. The molecule has 118 valence electrons. The summed E-state index contributed by atoms with van der Waals surface area (Å²) in [5, 5.41) is 3.32. The molecule has 2 atom stereocenters. The number of likely N-dealkylation sites (N-methyl/N-ethyl adjacent to an activating group) is 1. The first-order chi connectivity index (χ1) is 10.3. The fraction of sp³-hybridized carbons (Fsp3) is 0.647. The second kappa shape index (κ2) is 8.49. The number of benzene rings is 1. The van der Waals surface area contributed by atoms with Crippen LogP contribution >= 0.6 is 0 Å². The SMILES string of the molecule is CCOC(OCC)C(CC1OCCc2ccccc21)NC. The molecule has 4 nitrogen and oxygen atoms in total. The van der Waals surface area contributed by atoms with Crippen molar-refractivity contribution < 1.29 is 14.2 Å². The van der Waals surface area contributed by atoms with Gasteiger partial charge in [0.1, 0.15) is 0 Å². The van der Waals surface area contributed by atoms with Gasteiger partial charge in [0.2, 0.25) is 0 Å². The van der Waals surface area contributed by atoms with Crippen LogP contribution in [0.15, 0.2) is 24.3 Å². The Morgan fingerprint density at radius 1 is 1.24 bits per heavy atom. The minimum absolute atomic E-state index is 0.107. The highest BCUT2D eigenvalue weighted by molar-refractivity contribution is 5.31. The smallest absolute Gasteiger partial charge is 0.172 e. The van der Waals surface area contributed by atoms with Gasteiger partial charge in [-0.1, -0.05) is 24.3 Å². The van der Waals surface area contributed by atoms with Gasteiger partial charge in [-0.2, -0.15) is 0 Å². The van der Waals surface area contributed by atoms with Crippen LogP contribution in [0, 0.1) is 0 Å². The second-order valence-corrected chi connectivity index (χ2v) is 5.22. The largest absolute Gasteiger partial charge is 0.373 e. The van der Waals surface area contributed by atoms with E-state index in [1.54, 1.807) is 0 Å². The summed E-state index contributed by atoms with van der Waals surface area (Å²) in [6, 6.07) is 8.66. The number of rotatable bonds is 8. The molecule has 1 aliphatic heterocycles. The molecule has 1 N–H and O–H groups in total. The number of ether oxygens (including phenoxy) is 3. The lowest BCUT2D eigenvalue weighted by atomic mass is 9.93. The van der Waals surface area contributed by atoms with E-state index in [2.05, 4.69) is 29.6 Å². The molecule has 0 saturated heterocycles. The lowest BCUT2D eigenvalue weighted by molar-refractivity contribution is -0.159. The molecular weight excluding hydrogens is 266 g/mol. The summed E-state index contributed by atoms with van der Waals surface area (Å²) in [7, 11) is 1.95. The topological polar surface area (TPSA) is 39.7 Å². The molecular formula is C17H27NO3. The van der Waals surface area contributed by atoms with Gasteiger partial charge in [0.25, 0.3) is 0 Å². The van der Waals surface area contributed by atoms with Gasteiger partial charge in [0, 0.05) is 13.2 Å². The van der Waals surface area contributed by atoms with E-state index >= 15 is 0 Å². The zero-order valence-corrected chi connectivity index (χ0v) is 13.3. The summed E-state index contributed by atoms with van der Waals surface area (Å²) < 4.78 is 17.4. The molecule has 1 heterocycles. The first kappa shape index (κ1) is 16.4. The zero-order chi connectivity index (χ0) is 15.1. The van der Waals surface area contributed by atoms with Crippen LogP contribution in [0.2, 0.25) is 0 Å². The second-order valence-electron chi connectivity index (χ2n) is 5.22. The van der Waals surface area contributed by atoms with E-state index in [1.807, 2.05) is 20.9 Å². The molecule has 1 aromatic rings. The fourth-order valence-corrected chi connectivity index (χ4v) is 2.88. The number of fused-ring (bicyclic) bond motifs is 1. The number of hydrogen-bond acceptors (Lipinski definition) is 4. The fourth-order valence-electron chi connectivity index (χ4n) is 2.88. The Kier molecular flexibility index (Phi) is 6.64. The summed E-state index contributed by atoms with van der Waals surface area (Å²) in [5.41, 5.74) is 2.70. The summed E-state index contributed by atoms with van der Waals surface area (Å²) in [5.74, 6) is 0. The predicted octanol–water partition coefficient (Wildman–Crippen LogP) is 2.68. The molecule has 0 bridgehead atoms. The van der Waals surface area contributed by atoms with E-state index in [1.165, 1.54) is 11.1 Å². The molecule has 0 amide bonds. The zero-order valence-electron chi connectivity index (χ0n) is 13.3. The molecule has 2 unspecified atom stereocenters. The Balaban J connectivity index is 2.08. The number of nitrogens with one attached hydrogen (secondary N) is 1. The molecule has 1 aliphatic rings. The van der Waals surface area contributed by atoms with Crippen LogP contribution in [0.25, 0.3) is 0 Å². The van der Waals surface area contributed by atoms with Crippen molar-refractivity contribution in [2.24, 2.45) is 0 Å². The quantitative estimate of drug-likeness (QED) is 0.748. The normalized spacial score (nSPS) is 19.5. The van der Waals surface area contributed by atoms with Crippen LogP contribution in [0.1, 0.15) is 37.5 Å². The molecule has 0 spiro atoms. The van der Waals surface area contributed by atoms with E-state index in [0.717, 1.165) is 19.4 Å². The molecule has 4 heteroatoms. The molecule has 0 aromatic heterocycles. The van der Waals surface area contributed by atoms with Crippen molar-refractivity contribution in [1.29, 1.82) is 0 Å². The monoisotopic (exact) mass is 293 g/mol. The van der Waals surface area contributed by atoms with Crippen LogP contribution < -0.4 is 5.32 Å². The van der Waals surface area contributed by atoms with Gasteiger partial charge < -0.3 is 19.5 Å². The van der Waals surface area contributed by atoms with E-state index in [9.17, 15) is 0 Å². The summed E-state index contributed by atoms with van der Waals surface area (Å²) in [4.78, 5) is 0. The summed E-state index contributed by atoms with van der Waals surface area (Å²) in [6.07, 6.45) is 1.72. The van der Waals surface area contributed by atoms with E-state index in [-0.39, 0.29) is 18.4 Å². The molecule has 21 heavy (non-hydrogen) atoms. The van der Waals surface area contributed by atoms with Crippen molar-refractivity contribution in [2.45, 2.75) is 45.1 Å². The molecule has 1 aromatic carbocycles. The van der Waals surface area contributed by atoms with Crippen LogP contribution in [-0.2, 0) is 20.6 Å². The Morgan fingerprint density at radius 3 is 2.62 bits per heavy atom. The van der Waals surface area contributed by atoms with Crippen molar-refractivity contribution in [2.75, 3.05) is 26.9 Å². The third kappa shape index (κ3) is 4.27. The van der Waals surface area contributed by atoms with Gasteiger partial charge in [-0.25, -0.2) is 0 Å². The van der Waals surface area contributed by atoms with Crippen LogP contribution in [0.5, 0.6) is 0 Å². The van der Waals surface area contributed by atoms with Crippen molar-refractivity contribution in [1.82, 2.24) is 5.32 Å². The lowest BCUT2D eigenvalue weighted by Crippen LogP contribution is -2.43. The Bertz CT molecular complexity index is 418. The van der Waals surface area contributed by atoms with Crippen molar-refractivity contribution in [3.63, 3.8) is 0 Å². The van der Waals surface area contributed by atoms with Gasteiger partial charge in [-0.3, -0.25) is 0 Å². The predicted molar refractivity (Wildman–Crippen MR) is 83.3 cm³/mol. The minimum Gasteiger partial charge on any atom is -0.373 e. The maximum atomic E-state index is 5.99. The van der Waals surface area contributed by atoms with E-state index in [4.69, 9.17) is 14.2 Å². The summed E-state index contributed by atoms with van der Waals surface area (Å²) in [6.45, 7) is 6.05. The third-order valence-electron chi connectivity index (χ3n) is 3.92. The highest BCUT2D eigenvalue weighted by Crippen LogP contribution is 2.31. The van der Waals surface area contributed by atoms with E-state index in [0.29, 0.717) is 13.2 Å². The van der Waals surface area contributed by atoms with Crippen molar-refractivity contribution in [3.8, 4) is 0 Å². The number of hydrogen-bond donors (Lipinski definition) is 1. The average molecular weight is 293 g/mol. The maximum absolute atomic E-state index is 5.99. The van der Waals surface area contributed by atoms with Crippen molar-refractivity contribution in [3.05, 3.63) is 35.4 Å². The van der Waals surface area contributed by atoms with Crippen LogP contribution in [0.3, 0.4) is 0 Å². The molecule has 0 radical (unpaired) electrons. The molecule has 0 saturated carbocycles. The van der Waals surface area contributed by atoms with Gasteiger partial charge in [0.05, 0.1) is 18.8 Å². The van der Waals surface area contributed by atoms with Crippen LogP contribution in [0.4, 0.5) is 0 Å². The standard InChI is InChI=1S/C17H27NO3/c1-4-19-17(20-5-2)15(18-3)12-16-14-9-7-6-8-13(14)10-11-21-16/h6-9,15-18H,4-5,10-12H2,1-3H3. The first-order valence-electron chi connectivity index (χ1n) is 7.90. The summed E-state index contributed by atoms with van der Waals surface area (Å²) >= 11 is 0. The van der Waals surface area contributed by atoms with Crippen LogP contribution in [-0.4, -0.2) is 39.2 Å². The van der Waals surface area contributed by atoms with E-state index < -0.39 is 0 Å². The van der Waals surface area contributed by atoms with Crippen molar-refractivity contribution >= 4 is 0 Å². The van der Waals surface area contributed by atoms with Gasteiger partial charge in [0.15, 0.2) is 6.29 Å². The van der Waals surface area contributed by atoms with Gasteiger partial charge in [-0.15, -0.1) is 0 Å². The Labute approximate surface area is 127 Å². The van der Waals surface area contributed by atoms with Gasteiger partial charge >= 0.3 is 0 Å². The average Bonchev–Trinajstić information content (AvgIpc) is 2.52. The minimum atomic E-state index is -0.234. The highest BCUT2D eigenvalue weighted by Gasteiger charge is 2.28. The Hall–Kier alpha value is -0.940. The molecule has 2 rings (SSSR count). The van der Waals surface area contributed by atoms with Gasteiger partial charge in [-0.05, 0) is 44.9 Å². The highest BCUT2D eigenvalue weighted by atomic mass is 16.7. The lowest BCUT2D eigenvalue weighted by Gasteiger charge is -2.32.